The molecule has 132 valence electrons. The molecule has 2 fully saturated rings. The number of hydrogen-bond donors (Lipinski definition) is 0. The molecule has 3 heterocycles. The lowest BCUT2D eigenvalue weighted by Crippen LogP contribution is -2.47. The highest BCUT2D eigenvalue weighted by molar-refractivity contribution is 5.95. The number of carbonyl (C=O) groups is 1. The number of amides is 1. The van der Waals surface area contributed by atoms with E-state index < -0.39 is 11.9 Å². The van der Waals surface area contributed by atoms with Crippen molar-refractivity contribution in [2.75, 3.05) is 13.2 Å². The summed E-state index contributed by atoms with van der Waals surface area (Å²) in [6.45, 7) is 2.65. The molecular formula is C18H19FN2O4. The van der Waals surface area contributed by atoms with Gasteiger partial charge in [0.25, 0.3) is 11.8 Å². The predicted octanol–water partition coefficient (Wildman–Crippen LogP) is 2.57. The molecule has 1 aliphatic heterocycles. The van der Waals surface area contributed by atoms with E-state index in [1.165, 1.54) is 24.6 Å². The number of fused-ring (bicyclic) bond motifs is 2. The van der Waals surface area contributed by atoms with Crippen LogP contribution in [0.15, 0.2) is 35.1 Å². The highest BCUT2D eigenvalue weighted by atomic mass is 19.1. The summed E-state index contributed by atoms with van der Waals surface area (Å²) in [6, 6.07) is 4.30. The lowest BCUT2D eigenvalue weighted by Gasteiger charge is -2.31. The summed E-state index contributed by atoms with van der Waals surface area (Å²) in [5.41, 5.74) is 0.535. The summed E-state index contributed by atoms with van der Waals surface area (Å²) in [4.78, 5) is 18.7. The number of nitrogens with zero attached hydrogens (tertiary/aromatic N) is 2. The third-order valence-corrected chi connectivity index (χ3v) is 4.88. The average molecular weight is 346 g/mol. The number of aryl methyl sites for hydroxylation is 1. The topological polar surface area (TPSA) is 64.8 Å². The summed E-state index contributed by atoms with van der Waals surface area (Å²) in [5.74, 6) is -0.105. The van der Waals surface area contributed by atoms with Gasteiger partial charge in [-0.05, 0) is 38.0 Å². The van der Waals surface area contributed by atoms with E-state index in [9.17, 15) is 9.18 Å². The minimum atomic E-state index is -0.519. The van der Waals surface area contributed by atoms with E-state index in [0.717, 1.165) is 12.8 Å². The van der Waals surface area contributed by atoms with E-state index in [0.29, 0.717) is 24.5 Å². The molecule has 0 N–H and O–H groups in total. The summed E-state index contributed by atoms with van der Waals surface area (Å²) in [7, 11) is 0. The van der Waals surface area contributed by atoms with E-state index in [2.05, 4.69) is 4.98 Å². The molecule has 0 spiro atoms. The van der Waals surface area contributed by atoms with Gasteiger partial charge in [-0.15, -0.1) is 0 Å². The van der Waals surface area contributed by atoms with Gasteiger partial charge in [0, 0.05) is 12.7 Å². The standard InChI is InChI=1S/C18H19FN2O4/c1-11-12(6-9-23-11)18(22)21-8-10-24-15-5-4-14(21)16(15)25-17-13(19)3-2-7-20-17/h2-3,6-7,9,14-16H,4-5,8,10H2,1H3/t14-,15-,16+/m0/s1. The van der Waals surface area contributed by atoms with Gasteiger partial charge in [0.1, 0.15) is 11.9 Å². The molecule has 6 nitrogen and oxygen atoms in total. The molecule has 25 heavy (non-hydrogen) atoms. The van der Waals surface area contributed by atoms with Crippen LogP contribution in [0.3, 0.4) is 0 Å². The fourth-order valence-corrected chi connectivity index (χ4v) is 3.65. The Morgan fingerprint density at radius 2 is 2.28 bits per heavy atom. The summed E-state index contributed by atoms with van der Waals surface area (Å²) in [5, 5.41) is 0. The van der Waals surface area contributed by atoms with Gasteiger partial charge in [-0.1, -0.05) is 0 Å². The first-order chi connectivity index (χ1) is 12.1. The Labute approximate surface area is 144 Å². The van der Waals surface area contributed by atoms with E-state index in [1.807, 2.05) is 0 Å². The molecule has 3 atom stereocenters. The Morgan fingerprint density at radius 3 is 3.04 bits per heavy atom. The number of halogens is 1. The lowest BCUT2D eigenvalue weighted by atomic mass is 10.1. The maximum Gasteiger partial charge on any atom is 0.257 e. The molecule has 1 aliphatic carbocycles. The monoisotopic (exact) mass is 346 g/mol. The van der Waals surface area contributed by atoms with Gasteiger partial charge in [-0.3, -0.25) is 4.79 Å². The molecule has 1 saturated carbocycles. The van der Waals surface area contributed by atoms with E-state index in [4.69, 9.17) is 13.9 Å². The van der Waals surface area contributed by atoms with Gasteiger partial charge in [-0.25, -0.2) is 9.37 Å². The Kier molecular flexibility index (Phi) is 4.17. The Morgan fingerprint density at radius 1 is 1.40 bits per heavy atom. The third kappa shape index (κ3) is 2.89. The maximum atomic E-state index is 13.9. The van der Waals surface area contributed by atoms with Crippen molar-refractivity contribution in [1.29, 1.82) is 0 Å². The van der Waals surface area contributed by atoms with Crippen molar-refractivity contribution in [2.45, 2.75) is 38.0 Å². The summed E-state index contributed by atoms with van der Waals surface area (Å²) >= 11 is 0. The smallest absolute Gasteiger partial charge is 0.257 e. The van der Waals surface area contributed by atoms with Crippen LogP contribution in [0.2, 0.25) is 0 Å². The first-order valence-electron chi connectivity index (χ1n) is 8.39. The SMILES string of the molecule is Cc1occc1C(=O)N1CCO[C@H]2CC[C@H]1[C@H]2Oc1ncccc1F. The molecule has 0 radical (unpaired) electrons. The van der Waals surface area contributed by atoms with Crippen LogP contribution >= 0.6 is 0 Å². The molecule has 4 rings (SSSR count). The van der Waals surface area contributed by atoms with Crippen molar-refractivity contribution >= 4 is 5.91 Å². The van der Waals surface area contributed by atoms with E-state index >= 15 is 0 Å². The molecule has 2 bridgehead atoms. The van der Waals surface area contributed by atoms with Gasteiger partial charge in [0.05, 0.1) is 30.6 Å². The van der Waals surface area contributed by atoms with Crippen LogP contribution in [0.25, 0.3) is 0 Å². The third-order valence-electron chi connectivity index (χ3n) is 4.88. The second-order valence-corrected chi connectivity index (χ2v) is 6.32. The summed E-state index contributed by atoms with van der Waals surface area (Å²) < 4.78 is 30.9. The molecule has 2 aromatic rings. The van der Waals surface area contributed by atoms with Gasteiger partial charge in [0.2, 0.25) is 0 Å². The van der Waals surface area contributed by atoms with Crippen molar-refractivity contribution in [3.63, 3.8) is 0 Å². The minimum absolute atomic E-state index is 0.0539. The zero-order valence-electron chi connectivity index (χ0n) is 13.9. The van der Waals surface area contributed by atoms with Crippen molar-refractivity contribution in [3.8, 4) is 5.88 Å². The van der Waals surface area contributed by atoms with Gasteiger partial charge in [-0.2, -0.15) is 0 Å². The number of furan rings is 1. The van der Waals surface area contributed by atoms with Gasteiger partial charge >= 0.3 is 0 Å². The van der Waals surface area contributed by atoms with Crippen LogP contribution in [0, 0.1) is 12.7 Å². The van der Waals surface area contributed by atoms with E-state index in [1.54, 1.807) is 17.9 Å². The van der Waals surface area contributed by atoms with Crippen LogP contribution < -0.4 is 4.74 Å². The highest BCUT2D eigenvalue weighted by Gasteiger charge is 2.46. The second kappa shape index (κ2) is 6.48. The fourth-order valence-electron chi connectivity index (χ4n) is 3.65. The van der Waals surface area contributed by atoms with Gasteiger partial charge < -0.3 is 18.8 Å². The zero-order valence-corrected chi connectivity index (χ0v) is 13.9. The number of hydrogen-bond acceptors (Lipinski definition) is 5. The van der Waals surface area contributed by atoms with Crippen LogP contribution in [-0.4, -0.2) is 47.2 Å². The molecule has 2 aromatic heterocycles. The molecule has 1 saturated heterocycles. The Bertz CT molecular complexity index is 778. The molecule has 2 aliphatic rings. The van der Waals surface area contributed by atoms with Crippen molar-refractivity contribution in [1.82, 2.24) is 9.88 Å². The largest absolute Gasteiger partial charge is 0.469 e. The number of aromatic nitrogens is 1. The molecule has 1 amide bonds. The first-order valence-corrected chi connectivity index (χ1v) is 8.39. The fraction of sp³-hybridized carbons (Fsp3) is 0.444. The number of pyridine rings is 1. The van der Waals surface area contributed by atoms with Crippen molar-refractivity contribution in [3.05, 3.63) is 47.8 Å². The number of carbonyl (C=O) groups excluding carboxylic acids is 1. The van der Waals surface area contributed by atoms with Crippen LogP contribution in [-0.2, 0) is 4.74 Å². The van der Waals surface area contributed by atoms with Crippen molar-refractivity contribution in [2.24, 2.45) is 0 Å². The van der Waals surface area contributed by atoms with Crippen LogP contribution in [0.4, 0.5) is 4.39 Å². The van der Waals surface area contributed by atoms with Crippen molar-refractivity contribution < 1.29 is 23.1 Å². The Balaban J connectivity index is 1.61. The number of ether oxygens (including phenoxy) is 2. The highest BCUT2D eigenvalue weighted by Crippen LogP contribution is 2.34. The van der Waals surface area contributed by atoms with Crippen LogP contribution in [0.1, 0.15) is 29.0 Å². The molecule has 7 heteroatoms. The quantitative estimate of drug-likeness (QED) is 0.855. The number of rotatable bonds is 3. The average Bonchev–Trinajstić information content (AvgIpc) is 3.13. The second-order valence-electron chi connectivity index (χ2n) is 6.32. The molecular weight excluding hydrogens is 327 g/mol. The Hall–Kier alpha value is -2.41. The normalized spacial score (nSPS) is 25.7. The molecule has 0 aromatic carbocycles. The van der Waals surface area contributed by atoms with E-state index in [-0.39, 0.29) is 23.9 Å². The lowest BCUT2D eigenvalue weighted by molar-refractivity contribution is 0.000307. The molecule has 0 unspecified atom stereocenters. The predicted molar refractivity (Wildman–Crippen MR) is 85.9 cm³/mol. The minimum Gasteiger partial charge on any atom is -0.469 e. The van der Waals surface area contributed by atoms with Gasteiger partial charge in [0.15, 0.2) is 5.82 Å². The summed E-state index contributed by atoms with van der Waals surface area (Å²) in [6.07, 6.45) is 3.88. The maximum absolute atomic E-state index is 13.9. The van der Waals surface area contributed by atoms with Crippen LogP contribution in [0.5, 0.6) is 5.88 Å². The first kappa shape index (κ1) is 16.1. The zero-order chi connectivity index (χ0) is 17.4.